The number of hydrogen-bond acceptors (Lipinski definition) is 3. The van der Waals surface area contributed by atoms with E-state index in [1.165, 1.54) is 15.6 Å². The van der Waals surface area contributed by atoms with Crippen molar-refractivity contribution in [2.24, 2.45) is 5.92 Å². The molecule has 1 N–H and O–H groups in total. The van der Waals surface area contributed by atoms with Gasteiger partial charge in [-0.15, -0.1) is 11.3 Å². The molecule has 0 aliphatic rings. The quantitative estimate of drug-likeness (QED) is 0.830. The van der Waals surface area contributed by atoms with Gasteiger partial charge in [-0.1, -0.05) is 13.8 Å². The van der Waals surface area contributed by atoms with Gasteiger partial charge in [-0.3, -0.25) is 0 Å². The molecule has 1 aromatic heterocycles. The monoisotopic (exact) mass is 212 g/mol. The molecule has 0 saturated heterocycles. The summed E-state index contributed by atoms with van der Waals surface area (Å²) in [5.74, 6) is 1.20. The molecule has 1 rings (SSSR count). The number of thiazole rings is 1. The Morgan fingerprint density at radius 2 is 2.00 bits per heavy atom. The minimum absolute atomic E-state index is 0.553. The van der Waals surface area contributed by atoms with Crippen molar-refractivity contribution in [3.8, 4) is 0 Å². The average molecular weight is 212 g/mol. The molecule has 1 heterocycles. The lowest BCUT2D eigenvalue weighted by atomic mass is 9.96. The maximum absolute atomic E-state index is 4.63. The van der Waals surface area contributed by atoms with E-state index < -0.39 is 0 Å². The zero-order valence-corrected chi connectivity index (χ0v) is 10.5. The molecule has 80 valence electrons. The minimum Gasteiger partial charge on any atom is -0.319 e. The Morgan fingerprint density at radius 1 is 1.36 bits per heavy atom. The Labute approximate surface area is 90.8 Å². The summed E-state index contributed by atoms with van der Waals surface area (Å²) in [5.41, 5.74) is 1.19. The number of nitrogens with one attached hydrogen (secondary N) is 1. The number of hydrogen-bond donors (Lipinski definition) is 1. The van der Waals surface area contributed by atoms with Crippen LogP contribution in [0.4, 0.5) is 0 Å². The lowest BCUT2D eigenvalue weighted by molar-refractivity contribution is 0.476. The van der Waals surface area contributed by atoms with Gasteiger partial charge >= 0.3 is 0 Å². The lowest BCUT2D eigenvalue weighted by Crippen LogP contribution is -2.21. The van der Waals surface area contributed by atoms with E-state index in [1.54, 1.807) is 0 Å². The molecule has 1 unspecified atom stereocenters. The molecule has 0 spiro atoms. The van der Waals surface area contributed by atoms with Crippen LogP contribution in [0.25, 0.3) is 0 Å². The van der Waals surface area contributed by atoms with Crippen molar-refractivity contribution in [3.63, 3.8) is 0 Å². The Bertz CT molecular complexity index is 272. The highest BCUT2D eigenvalue weighted by atomic mass is 32.1. The van der Waals surface area contributed by atoms with E-state index in [-0.39, 0.29) is 0 Å². The van der Waals surface area contributed by atoms with Crippen LogP contribution in [-0.4, -0.2) is 18.6 Å². The van der Waals surface area contributed by atoms with E-state index in [2.05, 4.69) is 38.0 Å². The molecule has 1 aromatic rings. The molecule has 3 heteroatoms. The molecular weight excluding hydrogens is 192 g/mol. The molecule has 0 saturated carbocycles. The van der Waals surface area contributed by atoms with Crippen LogP contribution in [-0.2, 0) is 0 Å². The standard InChI is InChI=1S/C11H20N2S/c1-7(2)10(6-12-5)11-13-8(3)9(4)14-11/h7,10,12H,6H2,1-5H3. The fourth-order valence-electron chi connectivity index (χ4n) is 1.48. The highest BCUT2D eigenvalue weighted by Crippen LogP contribution is 2.29. The smallest absolute Gasteiger partial charge is 0.0977 e. The van der Waals surface area contributed by atoms with Crippen LogP contribution in [0.2, 0.25) is 0 Å². The van der Waals surface area contributed by atoms with Gasteiger partial charge in [-0.25, -0.2) is 4.98 Å². The topological polar surface area (TPSA) is 24.9 Å². The van der Waals surface area contributed by atoms with Crippen molar-refractivity contribution in [3.05, 3.63) is 15.6 Å². The SMILES string of the molecule is CNCC(c1nc(C)c(C)s1)C(C)C. The maximum Gasteiger partial charge on any atom is 0.0977 e. The zero-order chi connectivity index (χ0) is 10.7. The third kappa shape index (κ3) is 2.55. The fourth-order valence-corrected chi connectivity index (χ4v) is 2.68. The summed E-state index contributed by atoms with van der Waals surface area (Å²) in [6.07, 6.45) is 0. The highest BCUT2D eigenvalue weighted by Gasteiger charge is 2.19. The van der Waals surface area contributed by atoms with Crippen molar-refractivity contribution < 1.29 is 0 Å². The van der Waals surface area contributed by atoms with Gasteiger partial charge in [-0.05, 0) is 26.8 Å². The van der Waals surface area contributed by atoms with Gasteiger partial charge in [0.15, 0.2) is 0 Å². The second-order valence-electron chi connectivity index (χ2n) is 4.10. The molecule has 0 fully saturated rings. The Morgan fingerprint density at radius 3 is 2.36 bits per heavy atom. The first-order chi connectivity index (χ1) is 6.56. The van der Waals surface area contributed by atoms with Crippen LogP contribution in [0.15, 0.2) is 0 Å². The number of likely N-dealkylation sites (N-methyl/N-ethyl adjacent to an activating group) is 1. The molecule has 0 aliphatic heterocycles. The molecule has 1 atom stereocenters. The van der Waals surface area contributed by atoms with Crippen molar-refractivity contribution in [2.45, 2.75) is 33.6 Å². The number of aryl methyl sites for hydroxylation is 2. The van der Waals surface area contributed by atoms with Crippen LogP contribution in [0.3, 0.4) is 0 Å². The molecule has 2 nitrogen and oxygen atoms in total. The maximum atomic E-state index is 4.63. The summed E-state index contributed by atoms with van der Waals surface area (Å²) in [6.45, 7) is 9.77. The molecule has 0 bridgehead atoms. The van der Waals surface area contributed by atoms with Crippen molar-refractivity contribution >= 4 is 11.3 Å². The molecule has 0 aromatic carbocycles. The minimum atomic E-state index is 0.553. The van der Waals surface area contributed by atoms with Crippen LogP contribution >= 0.6 is 11.3 Å². The van der Waals surface area contributed by atoms with Gasteiger partial charge in [0, 0.05) is 17.3 Å². The van der Waals surface area contributed by atoms with Gasteiger partial charge in [0.1, 0.15) is 0 Å². The van der Waals surface area contributed by atoms with Crippen molar-refractivity contribution in [1.82, 2.24) is 10.3 Å². The van der Waals surface area contributed by atoms with Gasteiger partial charge in [0.2, 0.25) is 0 Å². The van der Waals surface area contributed by atoms with Gasteiger partial charge in [-0.2, -0.15) is 0 Å². The first kappa shape index (κ1) is 11.7. The Kier molecular flexibility index (Phi) is 4.08. The predicted octanol–water partition coefficient (Wildman–Crippen LogP) is 2.72. The normalized spacial score (nSPS) is 13.6. The van der Waals surface area contributed by atoms with Crippen LogP contribution in [0, 0.1) is 19.8 Å². The van der Waals surface area contributed by atoms with E-state index in [0.29, 0.717) is 11.8 Å². The summed E-state index contributed by atoms with van der Waals surface area (Å²) in [4.78, 5) is 5.98. The van der Waals surface area contributed by atoms with Gasteiger partial charge in [0.05, 0.1) is 10.7 Å². The van der Waals surface area contributed by atoms with Crippen molar-refractivity contribution in [1.29, 1.82) is 0 Å². The predicted molar refractivity (Wildman–Crippen MR) is 63.1 cm³/mol. The van der Waals surface area contributed by atoms with E-state index in [9.17, 15) is 0 Å². The van der Waals surface area contributed by atoms with Gasteiger partial charge in [0.25, 0.3) is 0 Å². The lowest BCUT2D eigenvalue weighted by Gasteiger charge is -2.17. The largest absolute Gasteiger partial charge is 0.319 e. The van der Waals surface area contributed by atoms with E-state index >= 15 is 0 Å². The second-order valence-corrected chi connectivity index (χ2v) is 5.34. The molecule has 0 amide bonds. The molecular formula is C11H20N2S. The van der Waals surface area contributed by atoms with E-state index in [0.717, 1.165) is 6.54 Å². The third-order valence-electron chi connectivity index (χ3n) is 2.59. The van der Waals surface area contributed by atoms with Crippen LogP contribution in [0.5, 0.6) is 0 Å². The summed E-state index contributed by atoms with van der Waals surface area (Å²) >= 11 is 1.84. The molecule has 0 aliphatic carbocycles. The van der Waals surface area contributed by atoms with Crippen molar-refractivity contribution in [2.75, 3.05) is 13.6 Å². The molecule has 0 radical (unpaired) electrons. The summed E-state index contributed by atoms with van der Waals surface area (Å²) < 4.78 is 0. The van der Waals surface area contributed by atoms with E-state index in [4.69, 9.17) is 0 Å². The molecule has 14 heavy (non-hydrogen) atoms. The first-order valence-corrected chi connectivity index (χ1v) is 5.96. The van der Waals surface area contributed by atoms with Gasteiger partial charge < -0.3 is 5.32 Å². The summed E-state index contributed by atoms with van der Waals surface area (Å²) in [7, 11) is 2.00. The number of rotatable bonds is 4. The average Bonchev–Trinajstić information content (AvgIpc) is 2.42. The number of nitrogens with zero attached hydrogens (tertiary/aromatic N) is 1. The third-order valence-corrected chi connectivity index (χ3v) is 3.80. The fraction of sp³-hybridized carbons (Fsp3) is 0.727. The highest BCUT2D eigenvalue weighted by molar-refractivity contribution is 7.11. The Hall–Kier alpha value is -0.410. The van der Waals surface area contributed by atoms with E-state index in [1.807, 2.05) is 18.4 Å². The summed E-state index contributed by atoms with van der Waals surface area (Å²) in [6, 6.07) is 0. The second kappa shape index (κ2) is 4.89. The van der Waals surface area contributed by atoms with Crippen LogP contribution in [0.1, 0.15) is 35.3 Å². The van der Waals surface area contributed by atoms with Crippen LogP contribution < -0.4 is 5.32 Å². The first-order valence-electron chi connectivity index (χ1n) is 5.14. The number of aromatic nitrogens is 1. The zero-order valence-electron chi connectivity index (χ0n) is 9.72. The summed E-state index contributed by atoms with van der Waals surface area (Å²) in [5, 5.41) is 4.52. The Balaban J connectivity index is 2.87.